The molecular weight excluding hydrogens is 395 g/mol. The van der Waals surface area contributed by atoms with Crippen molar-refractivity contribution < 1.29 is 4.79 Å². The van der Waals surface area contributed by atoms with Crippen LogP contribution in [0.2, 0.25) is 0 Å². The zero-order chi connectivity index (χ0) is 12.4. The molecule has 2 rings (SSSR count). The number of halogens is 2. The Hall–Kier alpha value is -0.140. The van der Waals surface area contributed by atoms with Crippen LogP contribution in [0, 0.1) is 3.57 Å². The van der Waals surface area contributed by atoms with E-state index in [0.29, 0.717) is 6.54 Å². The predicted octanol–water partition coefficient (Wildman–Crippen LogP) is 2.62. The van der Waals surface area contributed by atoms with E-state index in [9.17, 15) is 4.79 Å². The van der Waals surface area contributed by atoms with Crippen molar-refractivity contribution in [1.29, 1.82) is 0 Å². The maximum Gasteiger partial charge on any atom is 0.255 e. The summed E-state index contributed by atoms with van der Waals surface area (Å²) in [6.45, 7) is 1.37. The van der Waals surface area contributed by atoms with Crippen LogP contribution in [0.1, 0.15) is 23.2 Å². The molecular formula is C12H14BrIN2O. The molecule has 1 amide bonds. The van der Waals surface area contributed by atoms with Gasteiger partial charge >= 0.3 is 0 Å². The Labute approximate surface area is 123 Å². The van der Waals surface area contributed by atoms with Gasteiger partial charge in [0.05, 0.1) is 5.56 Å². The highest BCUT2D eigenvalue weighted by Crippen LogP contribution is 2.25. The van der Waals surface area contributed by atoms with Gasteiger partial charge in [-0.1, -0.05) is 0 Å². The van der Waals surface area contributed by atoms with Crippen LogP contribution >= 0.6 is 38.5 Å². The first kappa shape index (κ1) is 13.3. The van der Waals surface area contributed by atoms with Gasteiger partial charge in [0.15, 0.2) is 0 Å². The summed E-state index contributed by atoms with van der Waals surface area (Å²) in [4.78, 5) is 14.3. The summed E-state index contributed by atoms with van der Waals surface area (Å²) in [5.74, 6) is 0.0864. The molecule has 1 aromatic rings. The normalized spacial score (nSPS) is 19.7. The van der Waals surface area contributed by atoms with Gasteiger partial charge in [0.25, 0.3) is 5.91 Å². The van der Waals surface area contributed by atoms with Gasteiger partial charge in [0.2, 0.25) is 0 Å². The van der Waals surface area contributed by atoms with Crippen LogP contribution in [0.5, 0.6) is 0 Å². The zero-order valence-electron chi connectivity index (χ0n) is 9.33. The second-order valence-corrected chi connectivity index (χ2v) is 6.25. The van der Waals surface area contributed by atoms with Gasteiger partial charge in [-0.15, -0.1) is 0 Å². The molecule has 1 aliphatic rings. The molecule has 2 N–H and O–H groups in total. The van der Waals surface area contributed by atoms with Crippen molar-refractivity contribution in [3.63, 3.8) is 0 Å². The molecule has 0 radical (unpaired) electrons. The van der Waals surface area contributed by atoms with Crippen molar-refractivity contribution in [2.24, 2.45) is 5.73 Å². The maximum atomic E-state index is 12.4. The van der Waals surface area contributed by atoms with Gasteiger partial charge in [0.1, 0.15) is 0 Å². The molecule has 5 heteroatoms. The number of hydrogen-bond donors (Lipinski definition) is 1. The fourth-order valence-electron chi connectivity index (χ4n) is 2.16. The smallest absolute Gasteiger partial charge is 0.255 e. The molecule has 1 unspecified atom stereocenters. The highest BCUT2D eigenvalue weighted by atomic mass is 127. The molecule has 1 heterocycles. The largest absolute Gasteiger partial charge is 0.334 e. The lowest BCUT2D eigenvalue weighted by Gasteiger charge is -2.24. The fraction of sp³-hybridized carbons (Fsp3) is 0.417. The Kier molecular flexibility index (Phi) is 4.43. The topological polar surface area (TPSA) is 46.3 Å². The number of nitrogens with zero attached hydrogens (tertiary/aromatic N) is 1. The highest BCUT2D eigenvalue weighted by Gasteiger charge is 2.29. The first-order valence-corrected chi connectivity index (χ1v) is 7.46. The minimum atomic E-state index is 0.0864. The van der Waals surface area contributed by atoms with Gasteiger partial charge in [-0.05, 0) is 69.6 Å². The van der Waals surface area contributed by atoms with Gasteiger partial charge in [0, 0.05) is 27.2 Å². The summed E-state index contributed by atoms with van der Waals surface area (Å²) in [6.07, 6.45) is 2.07. The van der Waals surface area contributed by atoms with E-state index in [1.54, 1.807) is 0 Å². The molecule has 1 aliphatic heterocycles. The zero-order valence-corrected chi connectivity index (χ0v) is 13.1. The van der Waals surface area contributed by atoms with E-state index in [1.165, 1.54) is 0 Å². The van der Waals surface area contributed by atoms with Gasteiger partial charge < -0.3 is 10.6 Å². The summed E-state index contributed by atoms with van der Waals surface area (Å²) in [7, 11) is 0. The van der Waals surface area contributed by atoms with Crippen molar-refractivity contribution in [3.8, 4) is 0 Å². The van der Waals surface area contributed by atoms with Crippen LogP contribution in [0.15, 0.2) is 22.7 Å². The molecule has 17 heavy (non-hydrogen) atoms. The number of likely N-dealkylation sites (tertiary alicyclic amines) is 1. The van der Waals surface area contributed by atoms with E-state index >= 15 is 0 Å². The Morgan fingerprint density at radius 3 is 3.06 bits per heavy atom. The second-order valence-electron chi connectivity index (χ2n) is 4.15. The third-order valence-electron chi connectivity index (χ3n) is 3.07. The number of hydrogen-bond acceptors (Lipinski definition) is 2. The quantitative estimate of drug-likeness (QED) is 0.764. The molecule has 92 valence electrons. The number of rotatable bonds is 2. The van der Waals surface area contributed by atoms with Crippen molar-refractivity contribution >= 4 is 44.4 Å². The lowest BCUT2D eigenvalue weighted by Crippen LogP contribution is -2.40. The summed E-state index contributed by atoms with van der Waals surface area (Å²) in [5, 5.41) is 0. The molecule has 1 fully saturated rings. The van der Waals surface area contributed by atoms with E-state index in [0.717, 1.165) is 33.0 Å². The highest BCUT2D eigenvalue weighted by molar-refractivity contribution is 14.1. The van der Waals surface area contributed by atoms with Crippen molar-refractivity contribution in [2.45, 2.75) is 18.9 Å². The molecule has 0 aromatic heterocycles. The average Bonchev–Trinajstić information content (AvgIpc) is 2.79. The average molecular weight is 409 g/mol. The SMILES string of the molecule is NCC1CCCN1C(=O)c1cc(I)ccc1Br. The molecule has 1 saturated heterocycles. The number of carbonyl (C=O) groups is 1. The van der Waals surface area contributed by atoms with Gasteiger partial charge in [-0.3, -0.25) is 4.79 Å². The third kappa shape index (κ3) is 2.82. The molecule has 0 spiro atoms. The van der Waals surface area contributed by atoms with E-state index in [4.69, 9.17) is 5.73 Å². The summed E-state index contributed by atoms with van der Waals surface area (Å²) >= 11 is 5.65. The number of amides is 1. The van der Waals surface area contributed by atoms with Gasteiger partial charge in [-0.2, -0.15) is 0 Å². The van der Waals surface area contributed by atoms with E-state index < -0.39 is 0 Å². The number of benzene rings is 1. The molecule has 1 aromatic carbocycles. The number of nitrogens with two attached hydrogens (primary N) is 1. The van der Waals surface area contributed by atoms with Crippen LogP contribution in [0.4, 0.5) is 0 Å². The van der Waals surface area contributed by atoms with E-state index in [1.807, 2.05) is 23.1 Å². The standard InChI is InChI=1S/C12H14BrIN2O/c13-11-4-3-8(14)6-10(11)12(17)16-5-1-2-9(16)7-15/h3-4,6,9H,1-2,5,7,15H2. The summed E-state index contributed by atoms with van der Waals surface area (Å²) < 4.78 is 1.92. The monoisotopic (exact) mass is 408 g/mol. The van der Waals surface area contributed by atoms with E-state index in [2.05, 4.69) is 38.5 Å². The molecule has 3 nitrogen and oxygen atoms in total. The summed E-state index contributed by atoms with van der Waals surface area (Å²) in [6, 6.07) is 6.01. The molecule has 0 bridgehead atoms. The molecule has 0 aliphatic carbocycles. The van der Waals surface area contributed by atoms with Crippen LogP contribution < -0.4 is 5.73 Å². The molecule has 1 atom stereocenters. The fourth-order valence-corrected chi connectivity index (χ4v) is 3.07. The maximum absolute atomic E-state index is 12.4. The first-order chi connectivity index (χ1) is 8.13. The third-order valence-corrected chi connectivity index (χ3v) is 4.43. The minimum Gasteiger partial charge on any atom is -0.334 e. The van der Waals surface area contributed by atoms with Crippen molar-refractivity contribution in [2.75, 3.05) is 13.1 Å². The Balaban J connectivity index is 2.27. The second kappa shape index (κ2) is 5.67. The van der Waals surface area contributed by atoms with Crippen molar-refractivity contribution in [3.05, 3.63) is 31.8 Å². The van der Waals surface area contributed by atoms with Crippen LogP contribution in [-0.2, 0) is 0 Å². The Morgan fingerprint density at radius 2 is 2.35 bits per heavy atom. The first-order valence-electron chi connectivity index (χ1n) is 5.59. The van der Waals surface area contributed by atoms with Crippen molar-refractivity contribution in [1.82, 2.24) is 4.90 Å². The lowest BCUT2D eigenvalue weighted by atomic mass is 10.1. The van der Waals surface area contributed by atoms with Crippen LogP contribution in [0.25, 0.3) is 0 Å². The van der Waals surface area contributed by atoms with Crippen LogP contribution in [0.3, 0.4) is 0 Å². The van der Waals surface area contributed by atoms with Gasteiger partial charge in [-0.25, -0.2) is 0 Å². The predicted molar refractivity (Wildman–Crippen MR) is 80.0 cm³/mol. The Morgan fingerprint density at radius 1 is 1.59 bits per heavy atom. The summed E-state index contributed by atoms with van der Waals surface area (Å²) in [5.41, 5.74) is 6.43. The van der Waals surface area contributed by atoms with E-state index in [-0.39, 0.29) is 11.9 Å². The minimum absolute atomic E-state index is 0.0864. The molecule has 0 saturated carbocycles. The lowest BCUT2D eigenvalue weighted by molar-refractivity contribution is 0.0740. The number of carbonyl (C=O) groups excluding carboxylic acids is 1. The van der Waals surface area contributed by atoms with Crippen LogP contribution in [-0.4, -0.2) is 29.9 Å². The Bertz CT molecular complexity index is 439.